The van der Waals surface area contributed by atoms with Gasteiger partial charge in [0.25, 0.3) is 0 Å². The normalized spacial score (nSPS) is 28.0. The molecule has 6 aliphatic rings. The summed E-state index contributed by atoms with van der Waals surface area (Å²) in [4.78, 5) is 87.8. The lowest BCUT2D eigenvalue weighted by Gasteiger charge is -2.44. The maximum Gasteiger partial charge on any atom is 0.416 e. The number of likely N-dealkylation sites (tertiary alicyclic amines) is 3. The molecule has 0 radical (unpaired) electrons. The first kappa shape index (κ1) is 55.2. The highest BCUT2D eigenvalue weighted by Gasteiger charge is 2.46. The van der Waals surface area contributed by atoms with Crippen molar-refractivity contribution in [3.05, 3.63) is 60.2 Å². The molecule has 19 nitrogen and oxygen atoms in total. The van der Waals surface area contributed by atoms with E-state index in [1.165, 1.54) is 12.4 Å². The number of carbonyl (C=O) groups excluding carboxylic acids is 5. The molecule has 2 aromatic heterocycles. The monoisotopic (exact) mass is 1080 g/mol. The third-order valence-electron chi connectivity index (χ3n) is 16.9. The van der Waals surface area contributed by atoms with Crippen molar-refractivity contribution < 1.29 is 45.6 Å². The Bertz CT molecular complexity index is 2700. The number of piperidine rings is 1. The van der Waals surface area contributed by atoms with Gasteiger partial charge in [0, 0.05) is 95.1 Å². The number of anilines is 1. The summed E-state index contributed by atoms with van der Waals surface area (Å²) in [6.07, 6.45) is 6.09. The zero-order chi connectivity index (χ0) is 54.1. The Labute approximate surface area is 442 Å². The van der Waals surface area contributed by atoms with Crippen LogP contribution in [0.3, 0.4) is 0 Å². The largest absolute Gasteiger partial charge is 0.416 e. The number of carbonyl (C=O) groups is 5. The number of sulfonamides is 1. The molecule has 0 bridgehead atoms. The lowest BCUT2D eigenvalue weighted by molar-refractivity contribution is -0.138. The van der Waals surface area contributed by atoms with E-state index in [1.807, 2.05) is 11.0 Å². The molecule has 2 saturated carbocycles. The predicted molar refractivity (Wildman–Crippen MR) is 277 cm³/mol. The minimum atomic E-state index is -4.56. The van der Waals surface area contributed by atoms with Gasteiger partial charge < -0.3 is 36.0 Å². The molecule has 4 N–H and O–H groups in total. The predicted octanol–water partition coefficient (Wildman–Crippen LogP) is 3.93. The van der Waals surface area contributed by atoms with Crippen LogP contribution in [0.4, 0.5) is 19.0 Å². The number of nitrogens with one attached hydrogen (secondary N) is 4. The smallest absolute Gasteiger partial charge is 0.358 e. The van der Waals surface area contributed by atoms with Crippen molar-refractivity contribution in [3.63, 3.8) is 0 Å². The number of piperazine rings is 1. The third kappa shape index (κ3) is 12.1. The number of nitrogens with zero attached hydrogens (tertiary/aromatic N) is 8. The number of aromatic nitrogens is 3. The van der Waals surface area contributed by atoms with E-state index in [-0.39, 0.29) is 97.3 Å². The summed E-state index contributed by atoms with van der Waals surface area (Å²) in [5.41, 5.74) is 0.235. The Morgan fingerprint density at radius 3 is 2.28 bits per heavy atom. The van der Waals surface area contributed by atoms with Crippen molar-refractivity contribution in [2.24, 2.45) is 17.8 Å². The van der Waals surface area contributed by atoms with Crippen LogP contribution >= 0.6 is 0 Å². The van der Waals surface area contributed by atoms with Crippen molar-refractivity contribution >= 4 is 56.3 Å². The Kier molecular flexibility index (Phi) is 16.9. The number of hydrogen-bond acceptors (Lipinski definition) is 13. The standard InChI is InChI=1S/C53H73F3N12O7S/c1-32(2)29-58-37-10-14-45(68-21-17-43(52(68)73)62-48-40-26-36(53(54,55)56)9-13-42(40)59-31-60-48)44(27-37)63-49(70)34-7-11-38(12-8-34)65-22-24-67(25-23-65)76(74,75)39-15-19-66(20-16-39)51(72)33(3)61-50(71)41-28-46(69)64(4)47(41)35-6-5-18-57-30-35/h5-6,9,13,18,26,30-34,37-39,41,43-45,47,58H,7-8,10-12,14-17,19-25,27-29H2,1-4H3,(H,61,71)(H,63,70)(H,59,60,62)/t33-,34?,37+,38?,41-,43-,44+,45-,47+/m0/s1. The highest BCUT2D eigenvalue weighted by molar-refractivity contribution is 7.89. The van der Waals surface area contributed by atoms with Crippen LogP contribution in [-0.2, 0) is 40.2 Å². The maximum atomic E-state index is 14.2. The average Bonchev–Trinajstić information content (AvgIpc) is 3.95. The van der Waals surface area contributed by atoms with Crippen molar-refractivity contribution in [3.8, 4) is 0 Å². The number of benzene rings is 1. The van der Waals surface area contributed by atoms with Crippen LogP contribution in [-0.4, -0.2) is 178 Å². The van der Waals surface area contributed by atoms with Gasteiger partial charge >= 0.3 is 6.18 Å². The first-order valence-corrected chi connectivity index (χ1v) is 28.7. The molecule has 1 aromatic carbocycles. The summed E-state index contributed by atoms with van der Waals surface area (Å²) in [7, 11) is -1.99. The zero-order valence-corrected chi connectivity index (χ0v) is 44.7. The number of alkyl halides is 3. The van der Waals surface area contributed by atoms with Crippen LogP contribution in [0.5, 0.6) is 0 Å². The van der Waals surface area contributed by atoms with Gasteiger partial charge in [0.05, 0.1) is 40.4 Å². The van der Waals surface area contributed by atoms with E-state index >= 15 is 0 Å². The second kappa shape index (κ2) is 23.2. The molecule has 76 heavy (non-hydrogen) atoms. The Morgan fingerprint density at radius 2 is 1.59 bits per heavy atom. The van der Waals surface area contributed by atoms with E-state index in [1.54, 1.807) is 46.5 Å². The van der Waals surface area contributed by atoms with E-state index in [0.717, 1.165) is 43.5 Å². The Morgan fingerprint density at radius 1 is 0.855 bits per heavy atom. The molecular weight excluding hydrogens is 1010 g/mol. The molecule has 2 aliphatic carbocycles. The van der Waals surface area contributed by atoms with E-state index < -0.39 is 57.0 Å². The van der Waals surface area contributed by atoms with Gasteiger partial charge in [-0.05, 0) is 113 Å². The van der Waals surface area contributed by atoms with Crippen molar-refractivity contribution in [2.45, 2.75) is 145 Å². The van der Waals surface area contributed by atoms with Crippen LogP contribution in [0.1, 0.15) is 109 Å². The number of pyridine rings is 1. The Balaban J connectivity index is 0.735. The molecule has 9 rings (SSSR count). The molecule has 7 atom stereocenters. The lowest BCUT2D eigenvalue weighted by Crippen LogP contribution is -2.59. The second-order valence-corrected chi connectivity index (χ2v) is 24.5. The van der Waals surface area contributed by atoms with Crippen molar-refractivity contribution in [1.29, 1.82) is 0 Å². The average molecular weight is 1080 g/mol. The number of rotatable bonds is 15. The fourth-order valence-electron chi connectivity index (χ4n) is 12.6. The van der Waals surface area contributed by atoms with Crippen molar-refractivity contribution in [1.82, 2.24) is 54.8 Å². The highest BCUT2D eigenvalue weighted by atomic mass is 32.2. The number of hydrogen-bond donors (Lipinski definition) is 4. The molecule has 414 valence electrons. The minimum absolute atomic E-state index is 0.0197. The molecule has 4 saturated heterocycles. The summed E-state index contributed by atoms with van der Waals surface area (Å²) in [6.45, 7) is 9.52. The van der Waals surface area contributed by atoms with E-state index in [9.17, 15) is 45.6 Å². The van der Waals surface area contributed by atoms with Gasteiger partial charge in [-0.1, -0.05) is 19.9 Å². The van der Waals surface area contributed by atoms with Crippen LogP contribution in [0.2, 0.25) is 0 Å². The van der Waals surface area contributed by atoms with Crippen LogP contribution in [0.25, 0.3) is 10.9 Å². The van der Waals surface area contributed by atoms with Gasteiger partial charge in [-0.15, -0.1) is 0 Å². The van der Waals surface area contributed by atoms with Crippen LogP contribution < -0.4 is 21.3 Å². The summed E-state index contributed by atoms with van der Waals surface area (Å²) in [6, 6.07) is 4.59. The first-order valence-electron chi connectivity index (χ1n) is 27.2. The van der Waals surface area contributed by atoms with Gasteiger partial charge in [0.2, 0.25) is 39.6 Å². The molecule has 23 heteroatoms. The van der Waals surface area contributed by atoms with Gasteiger partial charge in [-0.3, -0.25) is 33.9 Å². The maximum absolute atomic E-state index is 14.2. The summed E-state index contributed by atoms with van der Waals surface area (Å²) >= 11 is 0. The fourth-order valence-corrected chi connectivity index (χ4v) is 14.5. The quantitative estimate of drug-likeness (QED) is 0.170. The van der Waals surface area contributed by atoms with E-state index in [0.29, 0.717) is 76.3 Å². The van der Waals surface area contributed by atoms with Crippen molar-refractivity contribution in [2.75, 3.05) is 64.7 Å². The number of halogens is 3. The topological polar surface area (TPSA) is 222 Å². The molecule has 0 unspecified atom stereocenters. The van der Waals surface area contributed by atoms with Crippen LogP contribution in [0.15, 0.2) is 49.1 Å². The minimum Gasteiger partial charge on any atom is -0.358 e. The van der Waals surface area contributed by atoms with Gasteiger partial charge in [-0.25, -0.2) is 18.4 Å². The summed E-state index contributed by atoms with van der Waals surface area (Å²) in [5, 5.41) is 12.6. The van der Waals surface area contributed by atoms with Gasteiger partial charge in [0.15, 0.2) is 0 Å². The molecule has 6 fully saturated rings. The Hall–Kier alpha value is -5.52. The molecule has 6 heterocycles. The number of fused-ring (bicyclic) bond motifs is 1. The van der Waals surface area contributed by atoms with Gasteiger partial charge in [0.1, 0.15) is 24.2 Å². The lowest BCUT2D eigenvalue weighted by atomic mass is 9.82. The molecular formula is C53H73F3N12O7S. The molecule has 3 aromatic rings. The summed E-state index contributed by atoms with van der Waals surface area (Å²) in [5.74, 6) is -1.37. The van der Waals surface area contributed by atoms with E-state index in [2.05, 4.69) is 55.0 Å². The number of amides is 5. The fraction of sp³-hybridized carbons (Fsp3) is 0.660. The molecule has 4 aliphatic heterocycles. The van der Waals surface area contributed by atoms with Gasteiger partial charge in [-0.2, -0.15) is 17.5 Å². The third-order valence-corrected chi connectivity index (χ3v) is 19.3. The van der Waals surface area contributed by atoms with Crippen LogP contribution in [0, 0.1) is 17.8 Å². The summed E-state index contributed by atoms with van der Waals surface area (Å²) < 4.78 is 70.5. The second-order valence-electron chi connectivity index (χ2n) is 22.3. The molecule has 0 spiro atoms. The zero-order valence-electron chi connectivity index (χ0n) is 43.9. The molecule has 5 amide bonds. The van der Waals surface area contributed by atoms with E-state index in [4.69, 9.17) is 0 Å². The SMILES string of the molecule is CC(C)CN[C@@H]1CC[C@H](N2CC[C@H](Nc3ncnc4ccc(C(F)(F)F)cc34)C2=O)[C@H](NC(=O)C2CCC(N3CCN(S(=O)(=O)C4CCN(C(=O)[C@H](C)NC(=O)[C@H]5CC(=O)N(C)[C@@H]5c5cccnc5)CC4)CC3)CC2)C1. The first-order chi connectivity index (χ1) is 36.3. The highest BCUT2D eigenvalue weighted by Crippen LogP contribution is 2.38.